The summed E-state index contributed by atoms with van der Waals surface area (Å²) in [6.07, 6.45) is 0. The van der Waals surface area contributed by atoms with Crippen molar-refractivity contribution in [3.63, 3.8) is 0 Å². The summed E-state index contributed by atoms with van der Waals surface area (Å²) in [7, 11) is 1.62. The molecule has 1 aromatic heterocycles. The highest BCUT2D eigenvalue weighted by atomic mass is 35.5. The number of aromatic nitrogens is 1. The van der Waals surface area contributed by atoms with E-state index in [1.165, 1.54) is 12.1 Å². The van der Waals surface area contributed by atoms with Crippen LogP contribution in [-0.4, -0.2) is 17.0 Å². The maximum Gasteiger partial charge on any atom is 0.270 e. The molecule has 7 heteroatoms. The van der Waals surface area contributed by atoms with Crippen LogP contribution in [0.4, 0.5) is 11.5 Å². The van der Waals surface area contributed by atoms with Gasteiger partial charge in [-0.15, -0.1) is 0 Å². The average molecular weight is 344 g/mol. The molecule has 0 amide bonds. The molecule has 0 saturated heterocycles. The number of halogens is 1. The lowest BCUT2D eigenvalue weighted by atomic mass is 10.1. The third-order valence-corrected chi connectivity index (χ3v) is 3.81. The second-order valence-corrected chi connectivity index (χ2v) is 5.55. The van der Waals surface area contributed by atoms with Crippen molar-refractivity contribution in [3.8, 4) is 5.75 Å². The van der Waals surface area contributed by atoms with E-state index in [4.69, 9.17) is 16.3 Å². The van der Waals surface area contributed by atoms with Gasteiger partial charge in [-0.2, -0.15) is 0 Å². The smallest absolute Gasteiger partial charge is 0.270 e. The van der Waals surface area contributed by atoms with Crippen LogP contribution in [0.15, 0.2) is 48.5 Å². The Morgan fingerprint density at radius 2 is 1.96 bits per heavy atom. The second-order valence-electron chi connectivity index (χ2n) is 5.16. The second kappa shape index (κ2) is 6.72. The van der Waals surface area contributed by atoms with E-state index in [2.05, 4.69) is 10.3 Å². The van der Waals surface area contributed by atoms with Crippen LogP contribution in [0, 0.1) is 10.1 Å². The number of anilines is 1. The summed E-state index contributed by atoms with van der Waals surface area (Å²) in [4.78, 5) is 14.8. The molecule has 2 aromatic carbocycles. The highest BCUT2D eigenvalue weighted by molar-refractivity contribution is 6.30. The minimum Gasteiger partial charge on any atom is -0.497 e. The van der Waals surface area contributed by atoms with Crippen molar-refractivity contribution in [1.29, 1.82) is 0 Å². The van der Waals surface area contributed by atoms with Crippen molar-refractivity contribution in [3.05, 3.63) is 69.4 Å². The minimum atomic E-state index is -0.432. The van der Waals surface area contributed by atoms with Crippen LogP contribution >= 0.6 is 11.6 Å². The first-order chi connectivity index (χ1) is 11.6. The molecule has 0 fully saturated rings. The van der Waals surface area contributed by atoms with E-state index in [1.807, 2.05) is 24.3 Å². The normalized spacial score (nSPS) is 10.6. The number of nitrogens with one attached hydrogen (secondary N) is 1. The van der Waals surface area contributed by atoms with Crippen molar-refractivity contribution in [2.45, 2.75) is 6.54 Å². The predicted molar refractivity (Wildman–Crippen MR) is 93.7 cm³/mol. The van der Waals surface area contributed by atoms with E-state index in [1.54, 1.807) is 19.2 Å². The number of hydrogen-bond acceptors (Lipinski definition) is 5. The van der Waals surface area contributed by atoms with Gasteiger partial charge in [-0.1, -0.05) is 23.7 Å². The number of non-ortho nitro benzene ring substituents is 1. The number of pyridine rings is 1. The molecule has 3 aromatic rings. The Hall–Kier alpha value is -2.86. The van der Waals surface area contributed by atoms with Gasteiger partial charge in [0.15, 0.2) is 0 Å². The average Bonchev–Trinajstić information content (AvgIpc) is 2.59. The van der Waals surface area contributed by atoms with Gasteiger partial charge in [0, 0.05) is 24.1 Å². The van der Waals surface area contributed by atoms with Crippen LogP contribution in [-0.2, 0) is 6.54 Å². The van der Waals surface area contributed by atoms with Gasteiger partial charge in [0.1, 0.15) is 16.7 Å². The topological polar surface area (TPSA) is 77.3 Å². The third-order valence-electron chi connectivity index (χ3n) is 3.61. The fraction of sp³-hybridized carbons (Fsp3) is 0.118. The van der Waals surface area contributed by atoms with Crippen LogP contribution in [0.2, 0.25) is 5.15 Å². The maximum atomic E-state index is 10.9. The number of nitrogens with zero attached hydrogens (tertiary/aromatic N) is 2. The summed E-state index contributed by atoms with van der Waals surface area (Å²) in [5.41, 5.74) is 1.07. The summed E-state index contributed by atoms with van der Waals surface area (Å²) in [5, 5.41) is 15.9. The molecule has 1 N–H and O–H groups in total. The predicted octanol–water partition coefficient (Wildman–Crippen LogP) is 4.42. The largest absolute Gasteiger partial charge is 0.497 e. The van der Waals surface area contributed by atoms with E-state index in [0.717, 1.165) is 16.7 Å². The molecule has 1 heterocycles. The molecule has 0 spiro atoms. The lowest BCUT2D eigenvalue weighted by Crippen LogP contribution is -2.02. The number of nitro benzene ring substituents is 1. The zero-order chi connectivity index (χ0) is 17.1. The molecule has 0 radical (unpaired) electrons. The molecule has 0 saturated carbocycles. The molecule has 6 nitrogen and oxygen atoms in total. The Kier molecular flexibility index (Phi) is 4.48. The monoisotopic (exact) mass is 343 g/mol. The summed E-state index contributed by atoms with van der Waals surface area (Å²) >= 11 is 6.04. The number of methoxy groups -OCH3 is 1. The van der Waals surface area contributed by atoms with Crippen LogP contribution < -0.4 is 10.1 Å². The number of benzene rings is 2. The van der Waals surface area contributed by atoms with Gasteiger partial charge in [0.05, 0.1) is 12.0 Å². The highest BCUT2D eigenvalue weighted by Gasteiger charge is 2.11. The van der Waals surface area contributed by atoms with Crippen molar-refractivity contribution < 1.29 is 9.66 Å². The van der Waals surface area contributed by atoms with Gasteiger partial charge in [-0.05, 0) is 35.2 Å². The van der Waals surface area contributed by atoms with E-state index in [-0.39, 0.29) is 10.8 Å². The third kappa shape index (κ3) is 3.38. The molecule has 3 rings (SSSR count). The fourth-order valence-corrected chi connectivity index (χ4v) is 2.59. The molecule has 0 aliphatic rings. The first-order valence-corrected chi connectivity index (χ1v) is 7.56. The van der Waals surface area contributed by atoms with E-state index in [9.17, 15) is 10.1 Å². The standard InChI is InChI=1S/C17H14ClN3O3/c1-24-14-5-2-11(3-6-14)10-19-17-15-7-4-13(21(22)23)8-12(15)9-16(18)20-17/h2-9H,10H2,1H3,(H,19,20). The first-order valence-electron chi connectivity index (χ1n) is 7.18. The quantitative estimate of drug-likeness (QED) is 0.421. The zero-order valence-electron chi connectivity index (χ0n) is 12.8. The molecular formula is C17H14ClN3O3. The number of nitro groups is 1. The zero-order valence-corrected chi connectivity index (χ0v) is 13.6. The molecular weight excluding hydrogens is 330 g/mol. The lowest BCUT2D eigenvalue weighted by Gasteiger charge is -2.10. The highest BCUT2D eigenvalue weighted by Crippen LogP contribution is 2.28. The van der Waals surface area contributed by atoms with Gasteiger partial charge >= 0.3 is 0 Å². The van der Waals surface area contributed by atoms with Gasteiger partial charge in [0.25, 0.3) is 5.69 Å². The molecule has 0 unspecified atom stereocenters. The Morgan fingerprint density at radius 1 is 1.21 bits per heavy atom. The Morgan fingerprint density at radius 3 is 2.62 bits per heavy atom. The SMILES string of the molecule is COc1ccc(CNc2nc(Cl)cc3cc([N+](=O)[O-])ccc23)cc1. The maximum absolute atomic E-state index is 10.9. The molecule has 0 bridgehead atoms. The van der Waals surface area contributed by atoms with E-state index >= 15 is 0 Å². The number of fused-ring (bicyclic) bond motifs is 1. The van der Waals surface area contributed by atoms with Gasteiger partial charge < -0.3 is 10.1 Å². The summed E-state index contributed by atoms with van der Waals surface area (Å²) in [6.45, 7) is 0.545. The van der Waals surface area contributed by atoms with E-state index < -0.39 is 4.92 Å². The number of ether oxygens (including phenoxy) is 1. The van der Waals surface area contributed by atoms with Crippen molar-refractivity contribution >= 4 is 33.9 Å². The number of rotatable bonds is 5. The Balaban J connectivity index is 1.89. The first kappa shape index (κ1) is 16.0. The number of hydrogen-bond donors (Lipinski definition) is 1. The summed E-state index contributed by atoms with van der Waals surface area (Å²) in [5.74, 6) is 1.38. The van der Waals surface area contributed by atoms with Gasteiger partial charge in [-0.25, -0.2) is 4.98 Å². The molecule has 0 atom stereocenters. The fourth-order valence-electron chi connectivity index (χ4n) is 2.39. The molecule has 122 valence electrons. The summed E-state index contributed by atoms with van der Waals surface area (Å²) in [6, 6.07) is 13.9. The summed E-state index contributed by atoms with van der Waals surface area (Å²) < 4.78 is 5.13. The van der Waals surface area contributed by atoms with Crippen LogP contribution in [0.25, 0.3) is 10.8 Å². The lowest BCUT2D eigenvalue weighted by molar-refractivity contribution is -0.384. The van der Waals surface area contributed by atoms with Crippen molar-refractivity contribution in [2.24, 2.45) is 0 Å². The molecule has 0 aliphatic heterocycles. The van der Waals surface area contributed by atoms with Gasteiger partial charge in [0.2, 0.25) is 0 Å². The Bertz CT molecular complexity index is 897. The van der Waals surface area contributed by atoms with Crippen molar-refractivity contribution in [2.75, 3.05) is 12.4 Å². The van der Waals surface area contributed by atoms with Crippen molar-refractivity contribution in [1.82, 2.24) is 4.98 Å². The van der Waals surface area contributed by atoms with E-state index in [0.29, 0.717) is 17.7 Å². The van der Waals surface area contributed by atoms with Crippen LogP contribution in [0.3, 0.4) is 0 Å². The molecule has 0 aliphatic carbocycles. The Labute approximate surface area is 143 Å². The van der Waals surface area contributed by atoms with Crippen LogP contribution in [0.5, 0.6) is 5.75 Å². The van der Waals surface area contributed by atoms with Gasteiger partial charge in [-0.3, -0.25) is 10.1 Å². The minimum absolute atomic E-state index is 0.0193. The molecule has 24 heavy (non-hydrogen) atoms. The van der Waals surface area contributed by atoms with Crippen LogP contribution in [0.1, 0.15) is 5.56 Å².